The molecule has 5 heteroatoms. The predicted octanol–water partition coefficient (Wildman–Crippen LogP) is 3.74. The third-order valence-corrected chi connectivity index (χ3v) is 4.65. The fraction of sp³-hybridized carbons (Fsp3) is 0.316. The average Bonchev–Trinajstić information content (AvgIpc) is 2.58. The van der Waals surface area contributed by atoms with Gasteiger partial charge in [0, 0.05) is 24.3 Å². The van der Waals surface area contributed by atoms with Crippen LogP contribution in [0.3, 0.4) is 0 Å². The van der Waals surface area contributed by atoms with Crippen molar-refractivity contribution < 1.29 is 9.53 Å². The number of rotatable bonds is 4. The van der Waals surface area contributed by atoms with E-state index in [-0.39, 0.29) is 11.9 Å². The van der Waals surface area contributed by atoms with Crippen molar-refractivity contribution >= 4 is 23.2 Å². The summed E-state index contributed by atoms with van der Waals surface area (Å²) in [6, 6.07) is 17.0. The quantitative estimate of drug-likeness (QED) is 0.918. The minimum absolute atomic E-state index is 0.0397. The molecule has 0 radical (unpaired) electrons. The number of carbonyl (C=O) groups is 1. The molecule has 0 aromatic heterocycles. The maximum Gasteiger partial charge on any atom is 0.256 e. The van der Waals surface area contributed by atoms with Crippen molar-refractivity contribution in [3.8, 4) is 0 Å². The Hall–Kier alpha value is -2.04. The molecule has 126 valence electrons. The van der Waals surface area contributed by atoms with E-state index in [1.165, 1.54) is 0 Å². The highest BCUT2D eigenvalue weighted by molar-refractivity contribution is 6.30. The lowest BCUT2D eigenvalue weighted by molar-refractivity contribution is -0.169. The summed E-state index contributed by atoms with van der Waals surface area (Å²) < 4.78 is 5.98. The highest BCUT2D eigenvalue weighted by Gasteiger charge is 2.47. The Labute approximate surface area is 147 Å². The van der Waals surface area contributed by atoms with Crippen LogP contribution in [0.1, 0.15) is 18.5 Å². The lowest BCUT2D eigenvalue weighted by Crippen LogP contribution is -2.58. The molecule has 0 aliphatic carbocycles. The zero-order valence-corrected chi connectivity index (χ0v) is 14.6. The number of nitrogens with one attached hydrogen (secondary N) is 1. The van der Waals surface area contributed by atoms with E-state index in [0.717, 1.165) is 11.3 Å². The SMILES string of the molecule is CN1CCOC(C)(C(Nc2ccccc2)c2cccc(Cl)c2)C1=O. The first kappa shape index (κ1) is 16.8. The van der Waals surface area contributed by atoms with Crippen LogP contribution < -0.4 is 5.32 Å². The van der Waals surface area contributed by atoms with Crippen LogP contribution in [0.5, 0.6) is 0 Å². The van der Waals surface area contributed by atoms with Crippen LogP contribution in [0.2, 0.25) is 5.02 Å². The number of hydrogen-bond donors (Lipinski definition) is 1. The van der Waals surface area contributed by atoms with Crippen LogP contribution in [0.25, 0.3) is 0 Å². The predicted molar refractivity (Wildman–Crippen MR) is 96.3 cm³/mol. The van der Waals surface area contributed by atoms with E-state index in [9.17, 15) is 4.79 Å². The van der Waals surface area contributed by atoms with E-state index in [1.807, 2.05) is 61.5 Å². The zero-order valence-electron chi connectivity index (χ0n) is 13.8. The number of para-hydroxylation sites is 1. The Morgan fingerprint density at radius 1 is 1.21 bits per heavy atom. The molecule has 1 fully saturated rings. The number of benzene rings is 2. The van der Waals surface area contributed by atoms with E-state index < -0.39 is 5.60 Å². The molecule has 0 saturated carbocycles. The molecule has 1 heterocycles. The van der Waals surface area contributed by atoms with Crippen molar-refractivity contribution in [2.45, 2.75) is 18.6 Å². The van der Waals surface area contributed by atoms with Crippen LogP contribution >= 0.6 is 11.6 Å². The van der Waals surface area contributed by atoms with Gasteiger partial charge in [-0.15, -0.1) is 0 Å². The first-order valence-electron chi connectivity index (χ1n) is 7.97. The van der Waals surface area contributed by atoms with Gasteiger partial charge in [-0.05, 0) is 36.8 Å². The number of ether oxygens (including phenoxy) is 1. The van der Waals surface area contributed by atoms with Gasteiger partial charge in [-0.1, -0.05) is 41.9 Å². The summed E-state index contributed by atoms with van der Waals surface area (Å²) in [5, 5.41) is 4.08. The number of halogens is 1. The Balaban J connectivity index is 2.02. The number of likely N-dealkylation sites (N-methyl/N-ethyl adjacent to an activating group) is 1. The lowest BCUT2D eigenvalue weighted by atomic mass is 9.87. The third kappa shape index (κ3) is 3.25. The van der Waals surface area contributed by atoms with Crippen LogP contribution in [0.15, 0.2) is 54.6 Å². The van der Waals surface area contributed by atoms with Crippen molar-refractivity contribution in [1.82, 2.24) is 4.90 Å². The second-order valence-corrected chi connectivity index (χ2v) is 6.62. The second kappa shape index (κ2) is 6.83. The van der Waals surface area contributed by atoms with Crippen molar-refractivity contribution in [1.29, 1.82) is 0 Å². The van der Waals surface area contributed by atoms with Gasteiger partial charge in [0.2, 0.25) is 0 Å². The normalized spacial score (nSPS) is 22.3. The van der Waals surface area contributed by atoms with E-state index in [4.69, 9.17) is 16.3 Å². The topological polar surface area (TPSA) is 41.6 Å². The van der Waals surface area contributed by atoms with E-state index in [1.54, 1.807) is 11.9 Å². The Morgan fingerprint density at radius 2 is 1.96 bits per heavy atom. The number of anilines is 1. The standard InChI is InChI=1S/C19H21ClN2O2/c1-19(18(23)22(2)11-12-24-19)17(14-7-6-8-15(20)13-14)21-16-9-4-3-5-10-16/h3-10,13,17,21H,11-12H2,1-2H3. The van der Waals surface area contributed by atoms with E-state index in [2.05, 4.69) is 5.32 Å². The zero-order chi connectivity index (χ0) is 17.2. The van der Waals surface area contributed by atoms with Crippen molar-refractivity contribution in [2.75, 3.05) is 25.5 Å². The number of amides is 1. The van der Waals surface area contributed by atoms with Gasteiger partial charge in [0.1, 0.15) is 0 Å². The molecular formula is C19H21ClN2O2. The van der Waals surface area contributed by atoms with E-state index in [0.29, 0.717) is 18.2 Å². The number of nitrogens with zero attached hydrogens (tertiary/aromatic N) is 1. The fourth-order valence-electron chi connectivity index (χ4n) is 3.07. The first-order chi connectivity index (χ1) is 11.5. The summed E-state index contributed by atoms with van der Waals surface area (Å²) >= 11 is 6.18. The van der Waals surface area contributed by atoms with Gasteiger partial charge < -0.3 is 15.0 Å². The Bertz CT molecular complexity index is 722. The molecule has 0 bridgehead atoms. The molecule has 2 atom stereocenters. The van der Waals surface area contributed by atoms with Crippen LogP contribution in [-0.4, -0.2) is 36.6 Å². The molecule has 1 saturated heterocycles. The van der Waals surface area contributed by atoms with Crippen molar-refractivity contribution in [3.05, 3.63) is 65.2 Å². The number of carbonyl (C=O) groups excluding carboxylic acids is 1. The smallest absolute Gasteiger partial charge is 0.256 e. The monoisotopic (exact) mass is 344 g/mol. The molecule has 1 N–H and O–H groups in total. The molecule has 1 aliphatic rings. The highest BCUT2D eigenvalue weighted by Crippen LogP contribution is 2.36. The van der Waals surface area contributed by atoms with E-state index >= 15 is 0 Å². The molecule has 0 spiro atoms. The molecule has 1 aliphatic heterocycles. The molecule has 24 heavy (non-hydrogen) atoms. The van der Waals surface area contributed by atoms with Crippen molar-refractivity contribution in [3.63, 3.8) is 0 Å². The van der Waals surface area contributed by atoms with Gasteiger partial charge in [0.15, 0.2) is 5.60 Å². The summed E-state index contributed by atoms with van der Waals surface area (Å²) in [4.78, 5) is 14.6. The summed E-state index contributed by atoms with van der Waals surface area (Å²) in [5.41, 5.74) is 0.832. The van der Waals surface area contributed by atoms with Crippen molar-refractivity contribution in [2.24, 2.45) is 0 Å². The van der Waals surface area contributed by atoms with Gasteiger partial charge in [0.25, 0.3) is 5.91 Å². The molecule has 3 rings (SSSR count). The molecular weight excluding hydrogens is 324 g/mol. The van der Waals surface area contributed by atoms with Crippen LogP contribution in [-0.2, 0) is 9.53 Å². The van der Waals surface area contributed by atoms with Gasteiger partial charge >= 0.3 is 0 Å². The fourth-order valence-corrected chi connectivity index (χ4v) is 3.27. The maximum absolute atomic E-state index is 12.9. The molecule has 2 aromatic carbocycles. The molecule has 2 unspecified atom stereocenters. The minimum Gasteiger partial charge on any atom is -0.375 e. The Morgan fingerprint density at radius 3 is 2.67 bits per heavy atom. The van der Waals surface area contributed by atoms with Gasteiger partial charge in [-0.3, -0.25) is 4.79 Å². The molecule has 1 amide bonds. The summed E-state index contributed by atoms with van der Waals surface area (Å²) in [7, 11) is 1.81. The average molecular weight is 345 g/mol. The number of morpholine rings is 1. The largest absolute Gasteiger partial charge is 0.375 e. The molecule has 2 aromatic rings. The second-order valence-electron chi connectivity index (χ2n) is 6.18. The summed E-state index contributed by atoms with van der Waals surface area (Å²) in [6.45, 7) is 2.95. The Kier molecular flexibility index (Phi) is 4.78. The van der Waals surface area contributed by atoms with Crippen LogP contribution in [0.4, 0.5) is 5.69 Å². The lowest BCUT2D eigenvalue weighted by Gasteiger charge is -2.43. The third-order valence-electron chi connectivity index (χ3n) is 4.42. The van der Waals surface area contributed by atoms with Gasteiger partial charge in [-0.25, -0.2) is 0 Å². The minimum atomic E-state index is -1.01. The van der Waals surface area contributed by atoms with Crippen LogP contribution in [0, 0.1) is 0 Å². The van der Waals surface area contributed by atoms with Gasteiger partial charge in [-0.2, -0.15) is 0 Å². The van der Waals surface area contributed by atoms with Gasteiger partial charge in [0.05, 0.1) is 12.6 Å². The first-order valence-corrected chi connectivity index (χ1v) is 8.35. The number of hydrogen-bond acceptors (Lipinski definition) is 3. The summed E-state index contributed by atoms with van der Waals surface area (Å²) in [5.74, 6) is -0.0397. The highest BCUT2D eigenvalue weighted by atomic mass is 35.5. The maximum atomic E-state index is 12.9. The molecule has 4 nitrogen and oxygen atoms in total. The summed E-state index contributed by atoms with van der Waals surface area (Å²) in [6.07, 6.45) is 0.